The van der Waals surface area contributed by atoms with E-state index in [0.29, 0.717) is 17.0 Å². The molecule has 1 amide bonds. The van der Waals surface area contributed by atoms with Crippen LogP contribution in [0, 0.1) is 17.2 Å². The quantitative estimate of drug-likeness (QED) is 0.862. The second-order valence-corrected chi connectivity index (χ2v) is 4.62. The number of ether oxygens (including phenoxy) is 1. The normalized spacial score (nSPS) is 21.7. The van der Waals surface area contributed by atoms with Crippen molar-refractivity contribution >= 4 is 11.6 Å². The number of nitrogens with zero attached hydrogens (tertiary/aromatic N) is 1. The molecule has 2 N–H and O–H groups in total. The molecule has 19 heavy (non-hydrogen) atoms. The zero-order valence-corrected chi connectivity index (χ0v) is 11.1. The number of rotatable bonds is 3. The number of benzene rings is 1. The van der Waals surface area contributed by atoms with Gasteiger partial charge in [-0.25, -0.2) is 0 Å². The molecule has 2 atom stereocenters. The van der Waals surface area contributed by atoms with Gasteiger partial charge in [-0.1, -0.05) is 6.07 Å². The first-order valence-electron chi connectivity index (χ1n) is 6.28. The molecule has 0 aromatic heterocycles. The molecule has 2 unspecified atom stereocenters. The molecule has 0 saturated carbocycles. The molecular weight excluding hydrogens is 242 g/mol. The number of hydrogen-bond donors (Lipinski definition) is 2. The van der Waals surface area contributed by atoms with E-state index in [2.05, 4.69) is 16.7 Å². The maximum absolute atomic E-state index is 12.2. The molecule has 1 heterocycles. The molecule has 2 rings (SSSR count). The molecule has 1 aliphatic rings. The average molecular weight is 259 g/mol. The van der Waals surface area contributed by atoms with Crippen LogP contribution in [0.15, 0.2) is 18.2 Å². The van der Waals surface area contributed by atoms with Crippen LogP contribution in [0.3, 0.4) is 0 Å². The van der Waals surface area contributed by atoms with Crippen LogP contribution in [-0.4, -0.2) is 25.6 Å². The number of hydrogen-bond acceptors (Lipinski definition) is 4. The van der Waals surface area contributed by atoms with Crippen molar-refractivity contribution in [2.45, 2.75) is 19.4 Å². The summed E-state index contributed by atoms with van der Waals surface area (Å²) in [4.78, 5) is 12.2. The van der Waals surface area contributed by atoms with Crippen LogP contribution in [-0.2, 0) is 4.79 Å². The number of nitriles is 1. The van der Waals surface area contributed by atoms with Crippen LogP contribution < -0.4 is 15.4 Å². The van der Waals surface area contributed by atoms with Crippen molar-refractivity contribution in [2.75, 3.05) is 19.0 Å². The minimum absolute atomic E-state index is 0.0708. The van der Waals surface area contributed by atoms with Gasteiger partial charge in [0.15, 0.2) is 0 Å². The minimum atomic E-state index is -0.0727. The molecule has 0 spiro atoms. The Bertz CT molecular complexity index is 522. The van der Waals surface area contributed by atoms with Crippen molar-refractivity contribution in [3.8, 4) is 11.8 Å². The lowest BCUT2D eigenvalue weighted by Crippen LogP contribution is -2.32. The molecule has 100 valence electrons. The Kier molecular flexibility index (Phi) is 4.03. The highest BCUT2D eigenvalue weighted by Crippen LogP contribution is 2.29. The van der Waals surface area contributed by atoms with Gasteiger partial charge < -0.3 is 15.4 Å². The predicted molar refractivity (Wildman–Crippen MR) is 71.9 cm³/mol. The standard InChI is InChI=1S/C14H17N3O2/c1-9-11(6-7-16-9)14(18)17-13-10(8-15)4-3-5-12(13)19-2/h3-5,9,11,16H,6-7H2,1-2H3,(H,17,18). The summed E-state index contributed by atoms with van der Waals surface area (Å²) in [6, 6.07) is 7.34. The number of para-hydroxylation sites is 1. The van der Waals surface area contributed by atoms with E-state index in [9.17, 15) is 4.79 Å². The fraction of sp³-hybridized carbons (Fsp3) is 0.429. The smallest absolute Gasteiger partial charge is 0.229 e. The number of amides is 1. The molecule has 5 heteroatoms. The van der Waals surface area contributed by atoms with Crippen molar-refractivity contribution in [3.63, 3.8) is 0 Å². The first-order valence-corrected chi connectivity index (χ1v) is 6.28. The Labute approximate surface area is 112 Å². The SMILES string of the molecule is COc1cccc(C#N)c1NC(=O)C1CCNC1C. The van der Waals surface area contributed by atoms with Crippen LogP contribution >= 0.6 is 0 Å². The van der Waals surface area contributed by atoms with Crippen LogP contribution in [0.25, 0.3) is 0 Å². The Balaban J connectivity index is 2.23. The fourth-order valence-electron chi connectivity index (χ4n) is 2.36. The second kappa shape index (κ2) is 5.72. The van der Waals surface area contributed by atoms with E-state index in [-0.39, 0.29) is 17.9 Å². The first kappa shape index (κ1) is 13.4. The van der Waals surface area contributed by atoms with Gasteiger partial charge in [0.2, 0.25) is 5.91 Å². The molecule has 1 saturated heterocycles. The number of carbonyl (C=O) groups is 1. The van der Waals surface area contributed by atoms with E-state index in [1.165, 1.54) is 7.11 Å². The lowest BCUT2D eigenvalue weighted by Gasteiger charge is -2.17. The van der Waals surface area contributed by atoms with Gasteiger partial charge in [-0.2, -0.15) is 5.26 Å². The number of anilines is 1. The van der Waals surface area contributed by atoms with E-state index in [1.54, 1.807) is 18.2 Å². The maximum Gasteiger partial charge on any atom is 0.229 e. The van der Waals surface area contributed by atoms with Gasteiger partial charge in [-0.05, 0) is 32.0 Å². The van der Waals surface area contributed by atoms with Crippen molar-refractivity contribution in [3.05, 3.63) is 23.8 Å². The average Bonchev–Trinajstić information content (AvgIpc) is 2.85. The highest BCUT2D eigenvalue weighted by molar-refractivity contribution is 5.96. The molecule has 1 aromatic rings. The topological polar surface area (TPSA) is 74.1 Å². The van der Waals surface area contributed by atoms with Crippen molar-refractivity contribution in [1.82, 2.24) is 5.32 Å². The van der Waals surface area contributed by atoms with Gasteiger partial charge in [0.05, 0.1) is 18.6 Å². The molecule has 5 nitrogen and oxygen atoms in total. The molecule has 0 radical (unpaired) electrons. The highest BCUT2D eigenvalue weighted by atomic mass is 16.5. The molecule has 0 bridgehead atoms. The van der Waals surface area contributed by atoms with E-state index in [0.717, 1.165) is 13.0 Å². The first-order chi connectivity index (χ1) is 9.17. The van der Waals surface area contributed by atoms with Gasteiger partial charge >= 0.3 is 0 Å². The van der Waals surface area contributed by atoms with E-state index in [1.807, 2.05) is 6.92 Å². The summed E-state index contributed by atoms with van der Waals surface area (Å²) >= 11 is 0. The summed E-state index contributed by atoms with van der Waals surface area (Å²) in [5.41, 5.74) is 0.864. The van der Waals surface area contributed by atoms with E-state index < -0.39 is 0 Å². The maximum atomic E-state index is 12.2. The van der Waals surface area contributed by atoms with Crippen LogP contribution in [0.2, 0.25) is 0 Å². The Morgan fingerprint density at radius 3 is 2.95 bits per heavy atom. The Morgan fingerprint density at radius 2 is 2.37 bits per heavy atom. The minimum Gasteiger partial charge on any atom is -0.495 e. The molecule has 1 aromatic carbocycles. The van der Waals surface area contributed by atoms with E-state index >= 15 is 0 Å². The van der Waals surface area contributed by atoms with Gasteiger partial charge in [0.1, 0.15) is 17.5 Å². The summed E-state index contributed by atoms with van der Waals surface area (Å²) in [5.74, 6) is 0.362. The van der Waals surface area contributed by atoms with Gasteiger partial charge in [0, 0.05) is 6.04 Å². The zero-order valence-electron chi connectivity index (χ0n) is 11.1. The highest BCUT2D eigenvalue weighted by Gasteiger charge is 2.30. The Morgan fingerprint density at radius 1 is 1.58 bits per heavy atom. The van der Waals surface area contributed by atoms with Crippen LogP contribution in [0.5, 0.6) is 5.75 Å². The summed E-state index contributed by atoms with van der Waals surface area (Å²) in [7, 11) is 1.52. The molecule has 1 aliphatic heterocycles. The van der Waals surface area contributed by atoms with Crippen molar-refractivity contribution in [2.24, 2.45) is 5.92 Å². The van der Waals surface area contributed by atoms with Gasteiger partial charge in [-0.15, -0.1) is 0 Å². The fourth-order valence-corrected chi connectivity index (χ4v) is 2.36. The number of methoxy groups -OCH3 is 1. The second-order valence-electron chi connectivity index (χ2n) is 4.62. The van der Waals surface area contributed by atoms with Gasteiger partial charge in [-0.3, -0.25) is 4.79 Å². The Hall–Kier alpha value is -2.06. The molecular formula is C14H17N3O2. The van der Waals surface area contributed by atoms with Crippen molar-refractivity contribution < 1.29 is 9.53 Å². The van der Waals surface area contributed by atoms with Gasteiger partial charge in [0.25, 0.3) is 0 Å². The summed E-state index contributed by atoms with van der Waals surface area (Å²) in [6.45, 7) is 2.83. The predicted octanol–water partition coefficient (Wildman–Crippen LogP) is 1.50. The number of nitrogens with one attached hydrogen (secondary N) is 2. The molecule has 0 aliphatic carbocycles. The van der Waals surface area contributed by atoms with Crippen LogP contribution in [0.1, 0.15) is 18.9 Å². The number of carbonyl (C=O) groups excluding carboxylic acids is 1. The third-order valence-electron chi connectivity index (χ3n) is 3.48. The summed E-state index contributed by atoms with van der Waals surface area (Å²) in [5, 5.41) is 15.2. The lowest BCUT2D eigenvalue weighted by molar-refractivity contribution is -0.120. The lowest BCUT2D eigenvalue weighted by atomic mass is 10.0. The van der Waals surface area contributed by atoms with Crippen molar-refractivity contribution in [1.29, 1.82) is 5.26 Å². The van der Waals surface area contributed by atoms with Crippen LogP contribution in [0.4, 0.5) is 5.69 Å². The summed E-state index contributed by atoms with van der Waals surface area (Å²) in [6.07, 6.45) is 0.810. The third kappa shape index (κ3) is 2.69. The van der Waals surface area contributed by atoms with E-state index in [4.69, 9.17) is 10.00 Å². The largest absolute Gasteiger partial charge is 0.495 e. The third-order valence-corrected chi connectivity index (χ3v) is 3.48. The summed E-state index contributed by atoms with van der Waals surface area (Å²) < 4.78 is 5.20. The molecule has 1 fully saturated rings. The zero-order chi connectivity index (χ0) is 13.8. The monoisotopic (exact) mass is 259 g/mol.